The molecule has 178 valence electrons. The van der Waals surface area contributed by atoms with Gasteiger partial charge >= 0.3 is 0 Å². The van der Waals surface area contributed by atoms with E-state index in [-0.39, 0.29) is 16.9 Å². The lowest BCUT2D eigenvalue weighted by molar-refractivity contribution is 0.0858. The summed E-state index contributed by atoms with van der Waals surface area (Å²) >= 11 is 0. The van der Waals surface area contributed by atoms with Gasteiger partial charge in [-0.25, -0.2) is 8.42 Å². The van der Waals surface area contributed by atoms with Crippen LogP contribution in [-0.2, 0) is 14.8 Å². The van der Waals surface area contributed by atoms with Crippen molar-refractivity contribution in [3.8, 4) is 5.75 Å². The predicted molar refractivity (Wildman–Crippen MR) is 127 cm³/mol. The molecule has 0 radical (unpaired) electrons. The Labute approximate surface area is 194 Å². The zero-order chi connectivity index (χ0) is 23.3. The average molecular weight is 475 g/mol. The third kappa shape index (κ3) is 5.76. The summed E-state index contributed by atoms with van der Waals surface area (Å²) < 4.78 is 39.8. The number of methoxy groups -OCH3 is 1. The number of piperazine rings is 1. The highest BCUT2D eigenvalue weighted by atomic mass is 32.2. The molecule has 0 saturated carbocycles. The summed E-state index contributed by atoms with van der Waals surface area (Å²) in [7, 11) is -2.41. The van der Waals surface area contributed by atoms with E-state index >= 15 is 0 Å². The molecule has 0 spiro atoms. The van der Waals surface area contributed by atoms with E-state index in [0.29, 0.717) is 23.5 Å². The molecule has 2 aliphatic heterocycles. The van der Waals surface area contributed by atoms with Gasteiger partial charge in [-0.05, 0) is 43.2 Å². The summed E-state index contributed by atoms with van der Waals surface area (Å²) in [5.74, 6) is 0.182. The fourth-order valence-electron chi connectivity index (χ4n) is 4.03. The predicted octanol–water partition coefficient (Wildman–Crippen LogP) is 1.81. The molecule has 1 atom stereocenters. The number of sulfonamides is 1. The van der Waals surface area contributed by atoms with E-state index in [2.05, 4.69) is 20.3 Å². The quantitative estimate of drug-likeness (QED) is 0.535. The number of nitrogens with zero attached hydrogens (tertiary/aromatic N) is 1. The minimum Gasteiger partial charge on any atom is -0.497 e. The van der Waals surface area contributed by atoms with Crippen molar-refractivity contribution in [3.63, 3.8) is 0 Å². The molecule has 3 N–H and O–H groups in total. The third-order valence-electron chi connectivity index (χ3n) is 5.83. The van der Waals surface area contributed by atoms with Crippen LogP contribution in [0.15, 0.2) is 47.4 Å². The van der Waals surface area contributed by atoms with E-state index in [0.717, 1.165) is 51.3 Å². The van der Waals surface area contributed by atoms with Crippen molar-refractivity contribution in [1.29, 1.82) is 0 Å². The Morgan fingerprint density at radius 3 is 2.76 bits per heavy atom. The highest BCUT2D eigenvalue weighted by molar-refractivity contribution is 7.92. The Balaban J connectivity index is 1.60. The summed E-state index contributed by atoms with van der Waals surface area (Å²) in [4.78, 5) is 15.0. The molecule has 0 bridgehead atoms. The fraction of sp³-hybridized carbons (Fsp3) is 0.435. The zero-order valence-corrected chi connectivity index (χ0v) is 19.5. The molecule has 2 aliphatic rings. The Hall–Kier alpha value is -2.82. The number of hydrogen-bond acceptors (Lipinski definition) is 7. The first kappa shape index (κ1) is 23.3. The molecule has 2 heterocycles. The summed E-state index contributed by atoms with van der Waals surface area (Å²) in [5, 5.41) is 6.19. The van der Waals surface area contributed by atoms with Gasteiger partial charge < -0.3 is 25.0 Å². The summed E-state index contributed by atoms with van der Waals surface area (Å²) in [6.45, 7) is 4.22. The van der Waals surface area contributed by atoms with Crippen LogP contribution >= 0.6 is 0 Å². The van der Waals surface area contributed by atoms with E-state index in [4.69, 9.17) is 9.47 Å². The molecule has 2 aromatic rings. The molecule has 0 aromatic heterocycles. The molecule has 4 rings (SSSR count). The molecule has 0 aliphatic carbocycles. The molecule has 33 heavy (non-hydrogen) atoms. The number of carbonyl (C=O) groups excluding carboxylic acids is 1. The van der Waals surface area contributed by atoms with Gasteiger partial charge in [0.1, 0.15) is 5.75 Å². The summed E-state index contributed by atoms with van der Waals surface area (Å²) in [6.07, 6.45) is 1.95. The van der Waals surface area contributed by atoms with Crippen molar-refractivity contribution >= 4 is 27.3 Å². The lowest BCUT2D eigenvalue weighted by Gasteiger charge is -2.31. The second kappa shape index (κ2) is 10.4. The molecule has 2 aromatic carbocycles. The third-order valence-corrected chi connectivity index (χ3v) is 7.19. The van der Waals surface area contributed by atoms with Crippen LogP contribution in [-0.4, -0.2) is 66.9 Å². The van der Waals surface area contributed by atoms with E-state index < -0.39 is 10.0 Å². The average Bonchev–Trinajstić information content (AvgIpc) is 3.36. The Morgan fingerprint density at radius 1 is 1.21 bits per heavy atom. The number of carbonyl (C=O) groups is 1. The maximum absolute atomic E-state index is 13.2. The number of ether oxygens (including phenoxy) is 2. The Bertz CT molecular complexity index is 1080. The molecular formula is C23H30N4O5S. The minimum atomic E-state index is -3.90. The highest BCUT2D eigenvalue weighted by Crippen LogP contribution is 2.30. The minimum absolute atomic E-state index is 0.0279. The van der Waals surface area contributed by atoms with E-state index in [1.54, 1.807) is 30.3 Å². The first-order valence-electron chi connectivity index (χ1n) is 11.1. The molecule has 2 saturated heterocycles. The molecule has 1 amide bonds. The topological polar surface area (TPSA) is 109 Å². The maximum atomic E-state index is 13.2. The number of hydrogen-bond donors (Lipinski definition) is 3. The monoisotopic (exact) mass is 474 g/mol. The van der Waals surface area contributed by atoms with Crippen LogP contribution in [0.1, 0.15) is 23.2 Å². The van der Waals surface area contributed by atoms with E-state index in [9.17, 15) is 13.2 Å². The van der Waals surface area contributed by atoms with Crippen LogP contribution in [0.3, 0.4) is 0 Å². The van der Waals surface area contributed by atoms with Crippen molar-refractivity contribution in [1.82, 2.24) is 10.6 Å². The Kier molecular flexibility index (Phi) is 7.36. The van der Waals surface area contributed by atoms with Gasteiger partial charge in [0.2, 0.25) is 0 Å². The SMILES string of the molecule is COc1cccc(S(=O)(=O)Nc2cc(C(=O)NC[C@H]3CCCO3)ccc2N2CCNCC2)c1. The Morgan fingerprint density at radius 2 is 2.03 bits per heavy atom. The number of nitrogens with one attached hydrogen (secondary N) is 3. The smallest absolute Gasteiger partial charge is 0.262 e. The van der Waals surface area contributed by atoms with Gasteiger partial charge in [0.05, 0.1) is 29.5 Å². The van der Waals surface area contributed by atoms with Crippen LogP contribution in [0.4, 0.5) is 11.4 Å². The van der Waals surface area contributed by atoms with Gasteiger partial charge in [-0.15, -0.1) is 0 Å². The van der Waals surface area contributed by atoms with Gasteiger partial charge in [-0.3, -0.25) is 9.52 Å². The summed E-state index contributed by atoms with van der Waals surface area (Å²) in [6, 6.07) is 11.4. The molecular weight excluding hydrogens is 444 g/mol. The fourth-order valence-corrected chi connectivity index (χ4v) is 5.13. The largest absolute Gasteiger partial charge is 0.497 e. The van der Waals surface area contributed by atoms with Crippen LogP contribution in [0, 0.1) is 0 Å². The first-order chi connectivity index (χ1) is 16.0. The maximum Gasteiger partial charge on any atom is 0.262 e. The lowest BCUT2D eigenvalue weighted by atomic mass is 10.1. The number of rotatable bonds is 8. The van der Waals surface area contributed by atoms with Crippen LogP contribution in [0.5, 0.6) is 5.75 Å². The second-order valence-corrected chi connectivity index (χ2v) is 9.78. The number of amides is 1. The van der Waals surface area contributed by atoms with Gasteiger partial charge in [0.25, 0.3) is 15.9 Å². The van der Waals surface area contributed by atoms with Crippen molar-refractivity contribution in [2.75, 3.05) is 56.1 Å². The van der Waals surface area contributed by atoms with Crippen LogP contribution < -0.4 is 25.0 Å². The zero-order valence-electron chi connectivity index (χ0n) is 18.7. The van der Waals surface area contributed by atoms with Gasteiger partial charge in [0.15, 0.2) is 0 Å². The molecule has 0 unspecified atom stereocenters. The standard InChI is InChI=1S/C23H30N4O5S/c1-31-18-4-2-6-20(15-18)33(29,30)26-21-14-17(23(28)25-16-19-5-3-13-32-19)7-8-22(21)27-11-9-24-10-12-27/h2,4,6-8,14-15,19,24,26H,3,5,9-13,16H2,1H3,(H,25,28)/t19-/m1/s1. The second-order valence-electron chi connectivity index (χ2n) is 8.10. The van der Waals surface area contributed by atoms with Crippen molar-refractivity contribution in [2.45, 2.75) is 23.8 Å². The highest BCUT2D eigenvalue weighted by Gasteiger charge is 2.22. The van der Waals surface area contributed by atoms with E-state index in [1.807, 2.05) is 0 Å². The number of benzene rings is 2. The van der Waals surface area contributed by atoms with Crippen molar-refractivity contribution in [3.05, 3.63) is 48.0 Å². The van der Waals surface area contributed by atoms with Crippen molar-refractivity contribution < 1.29 is 22.7 Å². The van der Waals surface area contributed by atoms with Crippen LogP contribution in [0.2, 0.25) is 0 Å². The lowest BCUT2D eigenvalue weighted by Crippen LogP contribution is -2.43. The van der Waals surface area contributed by atoms with E-state index in [1.165, 1.54) is 19.2 Å². The van der Waals surface area contributed by atoms with Crippen molar-refractivity contribution in [2.24, 2.45) is 0 Å². The molecule has 10 heteroatoms. The normalized spacial score (nSPS) is 18.7. The molecule has 9 nitrogen and oxygen atoms in total. The van der Waals surface area contributed by atoms with Gasteiger partial charge in [-0.2, -0.15) is 0 Å². The summed E-state index contributed by atoms with van der Waals surface area (Å²) in [5.41, 5.74) is 1.48. The van der Waals surface area contributed by atoms with Gasteiger partial charge in [0, 0.05) is 51.0 Å². The van der Waals surface area contributed by atoms with Gasteiger partial charge in [-0.1, -0.05) is 6.07 Å². The first-order valence-corrected chi connectivity index (χ1v) is 12.6. The van der Waals surface area contributed by atoms with Crippen LogP contribution in [0.25, 0.3) is 0 Å². The molecule has 2 fully saturated rings. The number of anilines is 2.